The summed E-state index contributed by atoms with van der Waals surface area (Å²) >= 11 is 5.07. The standard InChI is InChI=1S/C9H20N2O2S2/c1-8(4-7-15(3)12)11-9(14)10-5-6-13-2/h8H,4-7H2,1-3H3,(H2,10,11,14). The lowest BCUT2D eigenvalue weighted by atomic mass is 10.3. The predicted molar refractivity (Wildman–Crippen MR) is 68.6 cm³/mol. The average Bonchev–Trinajstić information content (AvgIpc) is 2.15. The van der Waals surface area contributed by atoms with Crippen LogP contribution in [-0.2, 0) is 15.5 Å². The predicted octanol–water partition coefficient (Wildman–Crippen LogP) is 0.254. The van der Waals surface area contributed by atoms with Crippen LogP contribution in [0.2, 0.25) is 0 Å². The van der Waals surface area contributed by atoms with E-state index in [4.69, 9.17) is 17.0 Å². The van der Waals surface area contributed by atoms with E-state index in [9.17, 15) is 4.21 Å². The van der Waals surface area contributed by atoms with Crippen LogP contribution in [0.15, 0.2) is 0 Å². The monoisotopic (exact) mass is 252 g/mol. The highest BCUT2D eigenvalue weighted by atomic mass is 32.2. The van der Waals surface area contributed by atoms with Crippen molar-refractivity contribution in [2.75, 3.05) is 32.3 Å². The van der Waals surface area contributed by atoms with Gasteiger partial charge in [0.05, 0.1) is 6.61 Å². The van der Waals surface area contributed by atoms with E-state index in [0.717, 1.165) is 6.42 Å². The van der Waals surface area contributed by atoms with Gasteiger partial charge in [-0.05, 0) is 25.6 Å². The van der Waals surface area contributed by atoms with Crippen LogP contribution in [0.1, 0.15) is 13.3 Å². The highest BCUT2D eigenvalue weighted by Crippen LogP contribution is 1.92. The molecule has 0 aliphatic rings. The van der Waals surface area contributed by atoms with Crippen LogP contribution in [0.5, 0.6) is 0 Å². The second-order valence-corrected chi connectivity index (χ2v) is 5.32. The van der Waals surface area contributed by atoms with Gasteiger partial charge in [-0.25, -0.2) is 0 Å². The fourth-order valence-corrected chi connectivity index (χ4v) is 1.95. The topological polar surface area (TPSA) is 50.4 Å². The third kappa shape index (κ3) is 10.1. The minimum atomic E-state index is -0.731. The quantitative estimate of drug-likeness (QED) is 0.503. The van der Waals surface area contributed by atoms with Crippen molar-refractivity contribution >= 4 is 28.1 Å². The lowest BCUT2D eigenvalue weighted by Crippen LogP contribution is -2.42. The van der Waals surface area contributed by atoms with Crippen molar-refractivity contribution in [2.45, 2.75) is 19.4 Å². The van der Waals surface area contributed by atoms with Gasteiger partial charge in [0.25, 0.3) is 0 Å². The van der Waals surface area contributed by atoms with Crippen molar-refractivity contribution in [1.82, 2.24) is 10.6 Å². The van der Waals surface area contributed by atoms with E-state index in [-0.39, 0.29) is 6.04 Å². The largest absolute Gasteiger partial charge is 0.383 e. The molecule has 0 radical (unpaired) electrons. The van der Waals surface area contributed by atoms with Crippen LogP contribution < -0.4 is 10.6 Å². The van der Waals surface area contributed by atoms with Gasteiger partial charge in [-0.15, -0.1) is 0 Å². The fourth-order valence-electron chi connectivity index (χ4n) is 0.956. The van der Waals surface area contributed by atoms with E-state index in [0.29, 0.717) is 24.0 Å². The zero-order valence-corrected chi connectivity index (χ0v) is 11.2. The highest BCUT2D eigenvalue weighted by molar-refractivity contribution is 7.84. The number of hydrogen-bond acceptors (Lipinski definition) is 3. The molecule has 0 amide bonds. The molecule has 4 nitrogen and oxygen atoms in total. The first-order valence-corrected chi connectivity index (χ1v) is 7.03. The summed E-state index contributed by atoms with van der Waals surface area (Å²) in [4.78, 5) is 0. The normalized spacial score (nSPS) is 14.3. The number of methoxy groups -OCH3 is 1. The van der Waals surface area contributed by atoms with Crippen molar-refractivity contribution in [1.29, 1.82) is 0 Å². The molecule has 0 fully saturated rings. The van der Waals surface area contributed by atoms with E-state index in [1.54, 1.807) is 13.4 Å². The molecule has 0 spiro atoms. The summed E-state index contributed by atoms with van der Waals surface area (Å²) in [6.45, 7) is 3.36. The number of thiocarbonyl (C=S) groups is 1. The van der Waals surface area contributed by atoms with Gasteiger partial charge in [0.1, 0.15) is 0 Å². The van der Waals surface area contributed by atoms with Crippen molar-refractivity contribution in [2.24, 2.45) is 0 Å². The summed E-state index contributed by atoms with van der Waals surface area (Å²) in [5, 5.41) is 6.77. The second kappa shape index (κ2) is 9.06. The van der Waals surface area contributed by atoms with Crippen LogP contribution in [0, 0.1) is 0 Å². The Hall–Kier alpha value is -0.200. The molecular weight excluding hydrogens is 232 g/mol. The Bertz CT molecular complexity index is 212. The average molecular weight is 252 g/mol. The van der Waals surface area contributed by atoms with Crippen molar-refractivity contribution in [3.05, 3.63) is 0 Å². The third-order valence-corrected chi connectivity index (χ3v) is 2.88. The summed E-state index contributed by atoms with van der Waals surface area (Å²) in [5.74, 6) is 0.703. The first-order chi connectivity index (χ1) is 7.06. The van der Waals surface area contributed by atoms with Crippen LogP contribution in [0.4, 0.5) is 0 Å². The number of rotatable bonds is 7. The maximum atomic E-state index is 10.9. The van der Waals surface area contributed by atoms with E-state index in [1.807, 2.05) is 6.92 Å². The lowest BCUT2D eigenvalue weighted by Gasteiger charge is -2.16. The summed E-state index contributed by atoms with van der Waals surface area (Å²) in [5.41, 5.74) is 0. The Balaban J connectivity index is 3.53. The molecule has 0 aromatic carbocycles. The lowest BCUT2D eigenvalue weighted by molar-refractivity contribution is 0.204. The second-order valence-electron chi connectivity index (χ2n) is 3.36. The van der Waals surface area contributed by atoms with Gasteiger partial charge in [0.15, 0.2) is 5.11 Å². The molecule has 90 valence electrons. The maximum absolute atomic E-state index is 10.9. The zero-order chi connectivity index (χ0) is 11.7. The molecule has 6 heteroatoms. The molecule has 0 aliphatic carbocycles. The molecule has 0 aromatic rings. The number of ether oxygens (including phenoxy) is 1. The van der Waals surface area contributed by atoms with Gasteiger partial charge in [-0.2, -0.15) is 0 Å². The van der Waals surface area contributed by atoms with Crippen LogP contribution >= 0.6 is 12.2 Å². The first-order valence-electron chi connectivity index (χ1n) is 4.89. The fraction of sp³-hybridized carbons (Fsp3) is 0.889. The Morgan fingerprint density at radius 1 is 1.60 bits per heavy atom. The van der Waals surface area contributed by atoms with Crippen molar-refractivity contribution < 1.29 is 8.95 Å². The van der Waals surface area contributed by atoms with E-state index in [2.05, 4.69) is 10.6 Å². The smallest absolute Gasteiger partial charge is 0.166 e. The Labute approximate surface area is 99.6 Å². The van der Waals surface area contributed by atoms with Gasteiger partial charge in [-0.1, -0.05) is 0 Å². The molecule has 0 saturated heterocycles. The molecule has 0 aromatic heterocycles. The Morgan fingerprint density at radius 3 is 2.80 bits per heavy atom. The number of nitrogens with one attached hydrogen (secondary N) is 2. The van der Waals surface area contributed by atoms with Crippen LogP contribution in [-0.4, -0.2) is 47.6 Å². The first kappa shape index (κ1) is 14.8. The molecule has 2 unspecified atom stereocenters. The van der Waals surface area contributed by atoms with E-state index >= 15 is 0 Å². The summed E-state index contributed by atoms with van der Waals surface area (Å²) in [6.07, 6.45) is 2.57. The minimum absolute atomic E-state index is 0.247. The van der Waals surface area contributed by atoms with Gasteiger partial charge < -0.3 is 15.4 Å². The Kier molecular flexibility index (Phi) is 8.94. The van der Waals surface area contributed by atoms with Crippen molar-refractivity contribution in [3.8, 4) is 0 Å². The maximum Gasteiger partial charge on any atom is 0.166 e. The molecule has 0 saturated carbocycles. The molecule has 2 N–H and O–H groups in total. The molecule has 2 atom stereocenters. The summed E-state index contributed by atoms with van der Waals surface area (Å²) < 4.78 is 15.7. The highest BCUT2D eigenvalue weighted by Gasteiger charge is 2.04. The summed E-state index contributed by atoms with van der Waals surface area (Å²) in [6, 6.07) is 0.247. The molecular formula is C9H20N2O2S2. The van der Waals surface area contributed by atoms with E-state index < -0.39 is 10.8 Å². The Morgan fingerprint density at radius 2 is 2.27 bits per heavy atom. The SMILES string of the molecule is COCCNC(=S)NC(C)CCS(C)=O. The van der Waals surface area contributed by atoms with Gasteiger partial charge in [0.2, 0.25) is 0 Å². The third-order valence-electron chi connectivity index (χ3n) is 1.81. The van der Waals surface area contributed by atoms with Crippen molar-refractivity contribution in [3.63, 3.8) is 0 Å². The molecule has 0 heterocycles. The zero-order valence-electron chi connectivity index (χ0n) is 9.54. The van der Waals surface area contributed by atoms with Gasteiger partial charge >= 0.3 is 0 Å². The van der Waals surface area contributed by atoms with Gasteiger partial charge in [-0.3, -0.25) is 4.21 Å². The molecule has 0 aliphatic heterocycles. The van der Waals surface area contributed by atoms with Crippen LogP contribution in [0.25, 0.3) is 0 Å². The van der Waals surface area contributed by atoms with Gasteiger partial charge in [0, 0.05) is 42.5 Å². The minimum Gasteiger partial charge on any atom is -0.383 e. The van der Waals surface area contributed by atoms with Crippen LogP contribution in [0.3, 0.4) is 0 Å². The molecule has 0 bridgehead atoms. The molecule has 0 rings (SSSR count). The number of hydrogen-bond donors (Lipinski definition) is 2. The molecule has 15 heavy (non-hydrogen) atoms. The van der Waals surface area contributed by atoms with E-state index in [1.165, 1.54) is 0 Å². The summed E-state index contributed by atoms with van der Waals surface area (Å²) in [7, 11) is 0.919.